The van der Waals surface area contributed by atoms with Crippen LogP contribution in [0.2, 0.25) is 5.02 Å². The number of aryl methyl sites for hydroxylation is 2. The van der Waals surface area contributed by atoms with Gasteiger partial charge in [0, 0.05) is 23.7 Å². The molecule has 0 radical (unpaired) electrons. The Balaban J connectivity index is 1.38. The minimum absolute atomic E-state index is 0.00396. The molecule has 2 N–H and O–H groups in total. The lowest BCUT2D eigenvalue weighted by molar-refractivity contribution is 0.0938. The molecular weight excluding hydrogens is 424 g/mol. The molecule has 0 bridgehead atoms. The van der Waals surface area contributed by atoms with Gasteiger partial charge in [0.05, 0.1) is 23.3 Å². The Labute approximate surface area is 188 Å². The van der Waals surface area contributed by atoms with Crippen molar-refractivity contribution in [2.75, 3.05) is 0 Å². The van der Waals surface area contributed by atoms with Gasteiger partial charge in [0.15, 0.2) is 5.65 Å². The molecule has 3 heterocycles. The summed E-state index contributed by atoms with van der Waals surface area (Å²) in [7, 11) is 1.86. The predicted octanol–water partition coefficient (Wildman–Crippen LogP) is 4.58. The first-order valence-electron chi connectivity index (χ1n) is 10.4. The van der Waals surface area contributed by atoms with Crippen LogP contribution in [0.3, 0.4) is 0 Å². The van der Waals surface area contributed by atoms with Crippen LogP contribution in [0.15, 0.2) is 54.9 Å². The van der Waals surface area contributed by atoms with Crippen LogP contribution >= 0.6 is 11.6 Å². The average Bonchev–Trinajstić information content (AvgIpc) is 3.49. The van der Waals surface area contributed by atoms with Crippen LogP contribution in [-0.4, -0.2) is 30.6 Å². The number of benzene rings is 2. The number of nitrogens with one attached hydrogen (secondary N) is 2. The van der Waals surface area contributed by atoms with E-state index in [1.165, 1.54) is 11.1 Å². The number of aromatic nitrogens is 5. The first-order valence-corrected chi connectivity index (χ1v) is 10.8. The summed E-state index contributed by atoms with van der Waals surface area (Å²) in [5.74, 6) is -0.165. The number of rotatable bonds is 3. The molecule has 5 aromatic rings. The smallest absolute Gasteiger partial charge is 0.255 e. The van der Waals surface area contributed by atoms with Crippen LogP contribution in [0.1, 0.15) is 33.9 Å². The van der Waals surface area contributed by atoms with Gasteiger partial charge in [0.1, 0.15) is 16.9 Å². The van der Waals surface area contributed by atoms with Crippen molar-refractivity contribution in [3.63, 3.8) is 0 Å². The van der Waals surface area contributed by atoms with E-state index >= 15 is 0 Å². The molecule has 2 aromatic carbocycles. The summed E-state index contributed by atoms with van der Waals surface area (Å²) in [5, 5.41) is 9.36. The highest BCUT2D eigenvalue weighted by Gasteiger charge is 2.25. The number of fused-ring (bicyclic) bond motifs is 3. The monoisotopic (exact) mass is 442 g/mol. The molecule has 3 aromatic heterocycles. The van der Waals surface area contributed by atoms with Crippen molar-refractivity contribution in [1.82, 2.24) is 30.0 Å². The van der Waals surface area contributed by atoms with Crippen LogP contribution in [0.5, 0.6) is 0 Å². The third-order valence-corrected chi connectivity index (χ3v) is 6.35. The van der Waals surface area contributed by atoms with Crippen molar-refractivity contribution in [3.8, 4) is 11.4 Å². The molecule has 1 atom stereocenters. The average molecular weight is 443 g/mol. The fraction of sp³-hybridized carbons (Fsp3) is 0.167. The number of hydrogen-bond donors (Lipinski definition) is 2. The Kier molecular flexibility index (Phi) is 4.26. The molecule has 0 spiro atoms. The Hall–Kier alpha value is -3.71. The van der Waals surface area contributed by atoms with E-state index in [-0.39, 0.29) is 11.9 Å². The summed E-state index contributed by atoms with van der Waals surface area (Å²) in [6.07, 6.45) is 5.20. The normalized spacial score (nSPS) is 15.4. The molecule has 1 aliphatic carbocycles. The summed E-state index contributed by atoms with van der Waals surface area (Å²) in [6.45, 7) is 0. The fourth-order valence-corrected chi connectivity index (χ4v) is 4.71. The van der Waals surface area contributed by atoms with Gasteiger partial charge in [0.25, 0.3) is 5.91 Å². The van der Waals surface area contributed by atoms with Crippen molar-refractivity contribution in [3.05, 3.63) is 76.6 Å². The van der Waals surface area contributed by atoms with Crippen molar-refractivity contribution < 1.29 is 4.79 Å². The van der Waals surface area contributed by atoms with Gasteiger partial charge in [-0.1, -0.05) is 35.9 Å². The quantitative estimate of drug-likeness (QED) is 0.428. The highest BCUT2D eigenvalue weighted by molar-refractivity contribution is 6.31. The number of H-pyrrole nitrogens is 1. The van der Waals surface area contributed by atoms with E-state index in [1.807, 2.05) is 37.4 Å². The molecule has 1 aliphatic rings. The molecule has 32 heavy (non-hydrogen) atoms. The molecule has 8 heteroatoms. The number of halogens is 1. The first kappa shape index (κ1) is 19.0. The lowest BCUT2D eigenvalue weighted by Crippen LogP contribution is -2.27. The Morgan fingerprint density at radius 1 is 1.25 bits per heavy atom. The Bertz CT molecular complexity index is 1520. The summed E-state index contributed by atoms with van der Waals surface area (Å²) < 4.78 is 1.77. The van der Waals surface area contributed by atoms with E-state index < -0.39 is 0 Å². The van der Waals surface area contributed by atoms with Crippen molar-refractivity contribution in [1.29, 1.82) is 0 Å². The lowest BCUT2D eigenvalue weighted by Gasteiger charge is -2.13. The molecular formula is C24H19ClN6O. The highest BCUT2D eigenvalue weighted by Crippen LogP contribution is 2.32. The molecule has 1 amide bonds. The van der Waals surface area contributed by atoms with Crippen molar-refractivity contribution in [2.24, 2.45) is 7.05 Å². The van der Waals surface area contributed by atoms with E-state index in [0.29, 0.717) is 33.1 Å². The summed E-state index contributed by atoms with van der Waals surface area (Å²) in [5.41, 5.74) is 6.25. The molecule has 6 rings (SSSR count). The number of amides is 1. The zero-order valence-electron chi connectivity index (χ0n) is 17.3. The van der Waals surface area contributed by atoms with Gasteiger partial charge in [-0.05, 0) is 42.2 Å². The summed E-state index contributed by atoms with van der Waals surface area (Å²) in [4.78, 5) is 25.5. The predicted molar refractivity (Wildman–Crippen MR) is 124 cm³/mol. The number of carbonyl (C=O) groups excluding carboxylic acids is 1. The van der Waals surface area contributed by atoms with Crippen LogP contribution in [0.4, 0.5) is 0 Å². The van der Waals surface area contributed by atoms with E-state index in [2.05, 4.69) is 32.5 Å². The minimum Gasteiger partial charge on any atom is -0.345 e. The second-order valence-corrected chi connectivity index (χ2v) is 8.49. The molecule has 0 saturated carbocycles. The largest absolute Gasteiger partial charge is 0.345 e. The van der Waals surface area contributed by atoms with Gasteiger partial charge in [-0.2, -0.15) is 5.10 Å². The molecule has 0 fully saturated rings. The number of carbonyl (C=O) groups is 1. The highest BCUT2D eigenvalue weighted by atomic mass is 35.5. The van der Waals surface area contributed by atoms with Gasteiger partial charge in [-0.3, -0.25) is 9.48 Å². The maximum atomic E-state index is 13.2. The third-order valence-electron chi connectivity index (χ3n) is 6.12. The minimum atomic E-state index is -0.165. The number of aromatic amines is 1. The van der Waals surface area contributed by atoms with Gasteiger partial charge >= 0.3 is 0 Å². The van der Waals surface area contributed by atoms with E-state index in [1.54, 1.807) is 17.1 Å². The molecule has 0 unspecified atom stereocenters. The van der Waals surface area contributed by atoms with Gasteiger partial charge in [-0.25, -0.2) is 9.97 Å². The zero-order chi connectivity index (χ0) is 21.8. The zero-order valence-corrected chi connectivity index (χ0v) is 18.0. The van der Waals surface area contributed by atoms with Crippen molar-refractivity contribution >= 4 is 39.6 Å². The third kappa shape index (κ3) is 2.97. The van der Waals surface area contributed by atoms with Gasteiger partial charge < -0.3 is 10.3 Å². The lowest BCUT2D eigenvalue weighted by atomic mass is 10.1. The number of nitrogens with zero attached hydrogens (tertiary/aromatic N) is 4. The Morgan fingerprint density at radius 3 is 3.03 bits per heavy atom. The van der Waals surface area contributed by atoms with E-state index in [9.17, 15) is 4.79 Å². The summed E-state index contributed by atoms with van der Waals surface area (Å²) >= 11 is 6.15. The van der Waals surface area contributed by atoms with Crippen LogP contribution in [0, 0.1) is 0 Å². The fourth-order valence-electron chi connectivity index (χ4n) is 4.54. The molecule has 158 valence electrons. The first-order chi connectivity index (χ1) is 15.6. The van der Waals surface area contributed by atoms with E-state index in [0.717, 1.165) is 23.7 Å². The van der Waals surface area contributed by atoms with Gasteiger partial charge in [0.2, 0.25) is 0 Å². The molecule has 0 aliphatic heterocycles. The van der Waals surface area contributed by atoms with Crippen LogP contribution < -0.4 is 5.32 Å². The van der Waals surface area contributed by atoms with Crippen molar-refractivity contribution in [2.45, 2.75) is 18.9 Å². The second kappa shape index (κ2) is 7.17. The topological polar surface area (TPSA) is 88.5 Å². The maximum absolute atomic E-state index is 13.2. The maximum Gasteiger partial charge on any atom is 0.255 e. The van der Waals surface area contributed by atoms with E-state index in [4.69, 9.17) is 16.6 Å². The van der Waals surface area contributed by atoms with Crippen LogP contribution in [-0.2, 0) is 13.5 Å². The summed E-state index contributed by atoms with van der Waals surface area (Å²) in [6, 6.07) is 13.9. The Morgan fingerprint density at radius 2 is 2.12 bits per heavy atom. The number of hydrogen-bond acceptors (Lipinski definition) is 4. The molecule has 0 saturated heterocycles. The second-order valence-electron chi connectivity index (χ2n) is 8.05. The molecule has 7 nitrogen and oxygen atoms in total. The SMILES string of the molecule is Cn1nc(-c2cnc3[nH]cc(C(=O)N[C@@H]4CCc5ccccc54)c3n2)c2ccc(Cl)cc21. The standard InChI is InChI=1S/C24H19ClN6O/c1-31-20-10-14(25)7-8-16(20)21(30-31)19-12-27-23-22(28-19)17(11-26-23)24(32)29-18-9-6-13-4-2-3-5-15(13)18/h2-5,7-8,10-12,18H,6,9H2,1H3,(H,26,27)(H,29,32)/t18-/m1/s1. The van der Waals surface area contributed by atoms with Gasteiger partial charge in [-0.15, -0.1) is 0 Å². The van der Waals surface area contributed by atoms with Crippen LogP contribution in [0.25, 0.3) is 33.5 Å².